The van der Waals surface area contributed by atoms with Crippen LogP contribution in [-0.2, 0) is 6.54 Å². The fourth-order valence-electron chi connectivity index (χ4n) is 2.30. The molecule has 2 aromatic heterocycles. The molecule has 0 bridgehead atoms. The quantitative estimate of drug-likeness (QED) is 0.747. The van der Waals surface area contributed by atoms with Crippen molar-refractivity contribution < 1.29 is 9.84 Å². The van der Waals surface area contributed by atoms with E-state index in [-0.39, 0.29) is 18.7 Å². The van der Waals surface area contributed by atoms with Gasteiger partial charge in [0.15, 0.2) is 0 Å². The molecule has 0 saturated heterocycles. The third kappa shape index (κ3) is 3.01. The minimum Gasteiger partial charge on any atom is -0.490 e. The number of aliphatic hydroxyl groups excluding tert-OH is 1. The fraction of sp³-hybridized carbons (Fsp3) is 0.250. The second-order valence-corrected chi connectivity index (χ2v) is 5.15. The summed E-state index contributed by atoms with van der Waals surface area (Å²) in [5.74, 6) is 0.697. The van der Waals surface area contributed by atoms with E-state index in [1.54, 1.807) is 13.0 Å². The zero-order chi connectivity index (χ0) is 15.5. The molecule has 1 atom stereocenters. The number of aromatic nitrogens is 3. The van der Waals surface area contributed by atoms with Gasteiger partial charge < -0.3 is 14.8 Å². The van der Waals surface area contributed by atoms with Crippen LogP contribution in [-0.4, -0.2) is 32.6 Å². The number of ether oxygens (including phenoxy) is 1. The number of aliphatic hydroxyl groups is 1. The highest BCUT2D eigenvalue weighted by Crippen LogP contribution is 2.24. The second-order valence-electron chi connectivity index (χ2n) is 5.15. The van der Waals surface area contributed by atoms with E-state index in [1.807, 2.05) is 30.5 Å². The summed E-state index contributed by atoms with van der Waals surface area (Å²) in [6.45, 7) is 1.99. The Morgan fingerprint density at radius 3 is 3.05 bits per heavy atom. The van der Waals surface area contributed by atoms with Gasteiger partial charge in [-0.1, -0.05) is 6.07 Å². The number of fused-ring (bicyclic) bond motifs is 1. The molecule has 0 aliphatic heterocycles. The minimum atomic E-state index is -0.818. The number of nitrogens with zero attached hydrogens (tertiary/aromatic N) is 2. The Bertz CT molecular complexity index is 838. The van der Waals surface area contributed by atoms with Crippen molar-refractivity contribution in [1.29, 1.82) is 0 Å². The Morgan fingerprint density at radius 2 is 2.18 bits per heavy atom. The Morgan fingerprint density at radius 1 is 1.32 bits per heavy atom. The lowest BCUT2D eigenvalue weighted by atomic mass is 10.2. The first kappa shape index (κ1) is 14.3. The molecule has 3 aromatic rings. The number of H-pyrrole nitrogens is 1. The van der Waals surface area contributed by atoms with Crippen LogP contribution in [0.3, 0.4) is 0 Å². The van der Waals surface area contributed by atoms with Crippen molar-refractivity contribution in [2.24, 2.45) is 0 Å². The van der Waals surface area contributed by atoms with E-state index in [2.05, 4.69) is 10.1 Å². The fourth-order valence-corrected chi connectivity index (χ4v) is 2.30. The zero-order valence-electron chi connectivity index (χ0n) is 12.2. The van der Waals surface area contributed by atoms with Gasteiger partial charge in [0.25, 0.3) is 5.56 Å². The van der Waals surface area contributed by atoms with Crippen LogP contribution in [0.2, 0.25) is 0 Å². The maximum Gasteiger partial charge on any atom is 0.266 e. The van der Waals surface area contributed by atoms with Crippen LogP contribution in [0.5, 0.6) is 5.75 Å². The first-order chi connectivity index (χ1) is 10.6. The first-order valence-electron chi connectivity index (χ1n) is 7.05. The summed E-state index contributed by atoms with van der Waals surface area (Å²) in [6, 6.07) is 10.7. The van der Waals surface area contributed by atoms with Crippen LogP contribution < -0.4 is 10.3 Å². The van der Waals surface area contributed by atoms with Crippen LogP contribution in [0.15, 0.2) is 47.4 Å². The smallest absolute Gasteiger partial charge is 0.266 e. The van der Waals surface area contributed by atoms with E-state index in [0.717, 1.165) is 16.6 Å². The van der Waals surface area contributed by atoms with Crippen LogP contribution in [0, 0.1) is 6.92 Å². The summed E-state index contributed by atoms with van der Waals surface area (Å²) in [4.78, 5) is 14.8. The van der Waals surface area contributed by atoms with Crippen LogP contribution in [0.25, 0.3) is 10.9 Å². The maximum atomic E-state index is 11.7. The molecule has 6 heteroatoms. The second kappa shape index (κ2) is 6.03. The van der Waals surface area contributed by atoms with Crippen molar-refractivity contribution in [3.8, 4) is 5.75 Å². The number of aryl methyl sites for hydroxylation is 1. The van der Waals surface area contributed by atoms with Crippen molar-refractivity contribution in [1.82, 2.24) is 14.8 Å². The van der Waals surface area contributed by atoms with Gasteiger partial charge in [0.2, 0.25) is 0 Å². The summed E-state index contributed by atoms with van der Waals surface area (Å²) in [7, 11) is 0. The summed E-state index contributed by atoms with van der Waals surface area (Å²) in [5.41, 5.74) is 1.46. The van der Waals surface area contributed by atoms with Gasteiger partial charge in [-0.2, -0.15) is 5.10 Å². The molecule has 2 heterocycles. The van der Waals surface area contributed by atoms with Gasteiger partial charge in [0, 0.05) is 23.2 Å². The number of nitrogens with one attached hydrogen (secondary N) is 1. The summed E-state index contributed by atoms with van der Waals surface area (Å²) >= 11 is 0. The number of hydrogen-bond acceptors (Lipinski definition) is 4. The average Bonchev–Trinajstić information content (AvgIpc) is 2.98. The number of rotatable bonds is 5. The van der Waals surface area contributed by atoms with Gasteiger partial charge in [0.1, 0.15) is 18.5 Å². The van der Waals surface area contributed by atoms with Crippen molar-refractivity contribution in [3.05, 3.63) is 58.6 Å². The lowest BCUT2D eigenvalue weighted by Crippen LogP contribution is -2.31. The maximum absolute atomic E-state index is 11.7. The molecule has 1 aromatic carbocycles. The van der Waals surface area contributed by atoms with Crippen LogP contribution in [0.4, 0.5) is 0 Å². The average molecular weight is 299 g/mol. The van der Waals surface area contributed by atoms with E-state index in [4.69, 9.17) is 4.74 Å². The Hall–Kier alpha value is -2.60. The van der Waals surface area contributed by atoms with E-state index >= 15 is 0 Å². The van der Waals surface area contributed by atoms with E-state index in [9.17, 15) is 9.90 Å². The molecule has 114 valence electrons. The summed E-state index contributed by atoms with van der Waals surface area (Å²) in [5, 5.41) is 15.1. The molecule has 0 spiro atoms. The zero-order valence-corrected chi connectivity index (χ0v) is 12.2. The predicted octanol–water partition coefficient (Wildman–Crippen LogP) is 1.47. The highest BCUT2D eigenvalue weighted by molar-refractivity contribution is 5.85. The van der Waals surface area contributed by atoms with Crippen LogP contribution in [0.1, 0.15) is 5.69 Å². The van der Waals surface area contributed by atoms with E-state index in [1.165, 1.54) is 10.7 Å². The lowest BCUT2D eigenvalue weighted by Gasteiger charge is -2.14. The summed E-state index contributed by atoms with van der Waals surface area (Å²) < 4.78 is 6.92. The molecule has 2 N–H and O–H groups in total. The molecule has 0 fully saturated rings. The van der Waals surface area contributed by atoms with Gasteiger partial charge in [-0.15, -0.1) is 0 Å². The van der Waals surface area contributed by atoms with Crippen molar-refractivity contribution in [2.45, 2.75) is 19.6 Å². The molecular formula is C16H17N3O3. The molecule has 0 amide bonds. The highest BCUT2D eigenvalue weighted by Gasteiger charge is 2.10. The molecule has 0 radical (unpaired) electrons. The number of hydrogen-bond donors (Lipinski definition) is 2. The van der Waals surface area contributed by atoms with E-state index < -0.39 is 6.10 Å². The van der Waals surface area contributed by atoms with Gasteiger partial charge in [-0.3, -0.25) is 4.79 Å². The van der Waals surface area contributed by atoms with E-state index in [0.29, 0.717) is 5.75 Å². The molecule has 0 saturated carbocycles. The van der Waals surface area contributed by atoms with Crippen molar-refractivity contribution in [3.63, 3.8) is 0 Å². The standard InChI is InChI=1S/C16H17N3O3/c1-11-5-6-16(21)19(18-11)9-12(20)10-22-15-4-2-3-14-13(15)7-8-17-14/h2-8,12,17,20H,9-10H2,1H3/t12-/m1/s1. The highest BCUT2D eigenvalue weighted by atomic mass is 16.5. The van der Waals surface area contributed by atoms with Gasteiger partial charge in [0.05, 0.1) is 12.2 Å². The molecule has 0 unspecified atom stereocenters. The Balaban J connectivity index is 1.67. The monoisotopic (exact) mass is 299 g/mol. The van der Waals surface area contributed by atoms with Gasteiger partial charge in [-0.25, -0.2) is 4.68 Å². The Kier molecular flexibility index (Phi) is 3.93. The van der Waals surface area contributed by atoms with Gasteiger partial charge >= 0.3 is 0 Å². The molecule has 22 heavy (non-hydrogen) atoms. The third-order valence-corrected chi connectivity index (χ3v) is 3.37. The molecular weight excluding hydrogens is 282 g/mol. The lowest BCUT2D eigenvalue weighted by molar-refractivity contribution is 0.0885. The largest absolute Gasteiger partial charge is 0.490 e. The summed E-state index contributed by atoms with van der Waals surface area (Å²) in [6.07, 6.45) is 1.02. The van der Waals surface area contributed by atoms with Crippen molar-refractivity contribution >= 4 is 10.9 Å². The molecule has 0 aliphatic rings. The van der Waals surface area contributed by atoms with Crippen LogP contribution >= 0.6 is 0 Å². The SMILES string of the molecule is Cc1ccc(=O)n(C[C@@H](O)COc2cccc3[nH]ccc23)n1. The molecule has 3 rings (SSSR count). The number of benzene rings is 1. The Labute approximate surface area is 127 Å². The normalized spacial score (nSPS) is 12.5. The topological polar surface area (TPSA) is 80.1 Å². The first-order valence-corrected chi connectivity index (χ1v) is 7.05. The minimum absolute atomic E-state index is 0.0896. The third-order valence-electron chi connectivity index (χ3n) is 3.37. The molecule has 6 nitrogen and oxygen atoms in total. The molecule has 0 aliphatic carbocycles. The predicted molar refractivity (Wildman–Crippen MR) is 83.0 cm³/mol. The van der Waals surface area contributed by atoms with Gasteiger partial charge in [-0.05, 0) is 31.2 Å². The number of aromatic amines is 1. The van der Waals surface area contributed by atoms with Crippen molar-refractivity contribution in [2.75, 3.05) is 6.61 Å².